The van der Waals surface area contributed by atoms with Crippen molar-refractivity contribution in [3.05, 3.63) is 54.1 Å². The number of carbonyl (C=O) groups excluding carboxylic acids is 1. The summed E-state index contributed by atoms with van der Waals surface area (Å²) in [6, 6.07) is 11.4. The summed E-state index contributed by atoms with van der Waals surface area (Å²) in [6.45, 7) is 3.52. The lowest BCUT2D eigenvalue weighted by molar-refractivity contribution is 0.102. The van der Waals surface area contributed by atoms with E-state index in [2.05, 4.69) is 5.32 Å². The molecular formula is C18H22N2O5S2. The van der Waals surface area contributed by atoms with E-state index in [4.69, 9.17) is 0 Å². The van der Waals surface area contributed by atoms with E-state index in [1.807, 2.05) is 0 Å². The average molecular weight is 411 g/mol. The highest BCUT2D eigenvalue weighted by Gasteiger charge is 2.23. The van der Waals surface area contributed by atoms with Gasteiger partial charge in [0, 0.05) is 24.9 Å². The van der Waals surface area contributed by atoms with E-state index in [0.717, 1.165) is 6.26 Å². The van der Waals surface area contributed by atoms with Crippen molar-refractivity contribution in [2.75, 3.05) is 18.6 Å². The lowest BCUT2D eigenvalue weighted by Gasteiger charge is -2.21. The van der Waals surface area contributed by atoms with E-state index in [1.54, 1.807) is 26.0 Å². The fourth-order valence-electron chi connectivity index (χ4n) is 2.31. The Balaban J connectivity index is 2.28. The van der Waals surface area contributed by atoms with Gasteiger partial charge in [-0.05, 0) is 50.2 Å². The lowest BCUT2D eigenvalue weighted by Crippen LogP contribution is -2.33. The second-order valence-corrected chi connectivity index (χ2v) is 10.3. The third-order valence-corrected chi connectivity index (χ3v) is 7.26. The molecule has 1 N–H and O–H groups in total. The highest BCUT2D eigenvalue weighted by Crippen LogP contribution is 2.22. The minimum atomic E-state index is -3.64. The van der Waals surface area contributed by atoms with E-state index in [-0.39, 0.29) is 27.1 Å². The molecular weight excluding hydrogens is 388 g/mol. The average Bonchev–Trinajstić information content (AvgIpc) is 2.60. The first-order valence-corrected chi connectivity index (χ1v) is 11.5. The van der Waals surface area contributed by atoms with Crippen molar-refractivity contribution in [3.8, 4) is 0 Å². The zero-order valence-corrected chi connectivity index (χ0v) is 17.1. The maximum absolute atomic E-state index is 12.5. The Morgan fingerprint density at radius 1 is 0.963 bits per heavy atom. The first kappa shape index (κ1) is 21.1. The molecule has 2 aromatic carbocycles. The van der Waals surface area contributed by atoms with Crippen molar-refractivity contribution in [2.45, 2.75) is 29.7 Å². The number of benzene rings is 2. The summed E-state index contributed by atoms with van der Waals surface area (Å²) in [5.74, 6) is -0.535. The summed E-state index contributed by atoms with van der Waals surface area (Å²) in [7, 11) is -5.66. The molecule has 0 heterocycles. The van der Waals surface area contributed by atoms with Gasteiger partial charge in [0.15, 0.2) is 9.84 Å². The normalized spacial score (nSPS) is 12.4. The van der Waals surface area contributed by atoms with Crippen molar-refractivity contribution in [1.29, 1.82) is 0 Å². The summed E-state index contributed by atoms with van der Waals surface area (Å²) in [4.78, 5) is 12.5. The molecule has 0 spiro atoms. The number of amides is 1. The molecule has 1 amide bonds. The summed E-state index contributed by atoms with van der Waals surface area (Å²) < 4.78 is 49.8. The topological polar surface area (TPSA) is 101 Å². The van der Waals surface area contributed by atoms with Crippen molar-refractivity contribution < 1.29 is 21.6 Å². The first-order valence-electron chi connectivity index (χ1n) is 8.13. The lowest BCUT2D eigenvalue weighted by atomic mass is 10.2. The minimum Gasteiger partial charge on any atom is -0.321 e. The van der Waals surface area contributed by atoms with Crippen LogP contribution in [-0.4, -0.2) is 46.4 Å². The molecule has 2 aromatic rings. The van der Waals surface area contributed by atoms with Gasteiger partial charge in [-0.1, -0.05) is 12.1 Å². The molecule has 0 saturated carbocycles. The number of hydrogen-bond donors (Lipinski definition) is 1. The molecule has 0 unspecified atom stereocenters. The van der Waals surface area contributed by atoms with Crippen LogP contribution in [0.4, 0.5) is 5.69 Å². The van der Waals surface area contributed by atoms with Crippen LogP contribution in [0.15, 0.2) is 58.3 Å². The molecule has 146 valence electrons. The van der Waals surface area contributed by atoms with Gasteiger partial charge in [0.2, 0.25) is 10.0 Å². The predicted octanol–water partition coefficient (Wildman–Crippen LogP) is 2.37. The zero-order valence-electron chi connectivity index (χ0n) is 15.5. The Morgan fingerprint density at radius 2 is 1.52 bits per heavy atom. The smallest absolute Gasteiger partial charge is 0.255 e. The molecule has 9 heteroatoms. The highest BCUT2D eigenvalue weighted by atomic mass is 32.2. The van der Waals surface area contributed by atoms with Crippen LogP contribution < -0.4 is 5.32 Å². The summed E-state index contributed by atoms with van der Waals surface area (Å²) in [6.07, 6.45) is 1.06. The number of sulfone groups is 1. The Labute approximate surface area is 160 Å². The Bertz CT molecular complexity index is 1040. The molecule has 0 aliphatic rings. The van der Waals surface area contributed by atoms with Gasteiger partial charge < -0.3 is 5.32 Å². The molecule has 0 saturated heterocycles. The SMILES string of the molecule is CC(C)N(C)S(=O)(=O)c1ccc(C(=O)Nc2ccccc2S(C)(=O)=O)cc1. The van der Waals surface area contributed by atoms with Crippen molar-refractivity contribution in [1.82, 2.24) is 4.31 Å². The molecule has 0 atom stereocenters. The quantitative estimate of drug-likeness (QED) is 0.788. The number of sulfonamides is 1. The number of carbonyl (C=O) groups is 1. The molecule has 0 bridgehead atoms. The second-order valence-electron chi connectivity index (χ2n) is 6.36. The Kier molecular flexibility index (Phi) is 6.08. The maximum Gasteiger partial charge on any atom is 0.255 e. The number of nitrogens with zero attached hydrogens (tertiary/aromatic N) is 1. The molecule has 0 radical (unpaired) electrons. The van der Waals surface area contributed by atoms with Crippen molar-refractivity contribution in [3.63, 3.8) is 0 Å². The zero-order chi connectivity index (χ0) is 20.4. The monoisotopic (exact) mass is 410 g/mol. The van der Waals surface area contributed by atoms with Gasteiger partial charge in [-0.15, -0.1) is 0 Å². The van der Waals surface area contributed by atoms with Gasteiger partial charge in [0.1, 0.15) is 0 Å². The van der Waals surface area contributed by atoms with Gasteiger partial charge in [-0.25, -0.2) is 16.8 Å². The third-order valence-electron chi connectivity index (χ3n) is 4.06. The van der Waals surface area contributed by atoms with Crippen LogP contribution in [0.3, 0.4) is 0 Å². The highest BCUT2D eigenvalue weighted by molar-refractivity contribution is 7.91. The van der Waals surface area contributed by atoms with E-state index >= 15 is 0 Å². The number of nitrogens with one attached hydrogen (secondary N) is 1. The summed E-state index contributed by atoms with van der Waals surface area (Å²) in [5.41, 5.74) is 0.380. The molecule has 0 aliphatic heterocycles. The second kappa shape index (κ2) is 7.79. The van der Waals surface area contributed by atoms with E-state index in [0.29, 0.717) is 0 Å². The van der Waals surface area contributed by atoms with Crippen LogP contribution in [0, 0.1) is 0 Å². The van der Waals surface area contributed by atoms with E-state index in [9.17, 15) is 21.6 Å². The molecule has 7 nitrogen and oxygen atoms in total. The number of rotatable bonds is 6. The largest absolute Gasteiger partial charge is 0.321 e. The maximum atomic E-state index is 12.5. The Morgan fingerprint density at radius 3 is 2.04 bits per heavy atom. The fraction of sp³-hybridized carbons (Fsp3) is 0.278. The van der Waals surface area contributed by atoms with Crippen molar-refractivity contribution >= 4 is 31.5 Å². The van der Waals surface area contributed by atoms with Crippen molar-refractivity contribution in [2.24, 2.45) is 0 Å². The predicted molar refractivity (Wildman–Crippen MR) is 104 cm³/mol. The Hall–Kier alpha value is -2.23. The molecule has 0 fully saturated rings. The van der Waals surface area contributed by atoms with Crippen LogP contribution in [0.1, 0.15) is 24.2 Å². The fourth-order valence-corrected chi connectivity index (χ4v) is 4.52. The van der Waals surface area contributed by atoms with Gasteiger partial charge in [0.05, 0.1) is 15.5 Å². The molecule has 0 aliphatic carbocycles. The number of hydrogen-bond acceptors (Lipinski definition) is 5. The molecule has 0 aromatic heterocycles. The number of para-hydroxylation sites is 1. The standard InChI is InChI=1S/C18H22N2O5S2/c1-13(2)20(3)27(24,25)15-11-9-14(10-12-15)18(21)19-16-7-5-6-8-17(16)26(4,22)23/h5-13H,1-4H3,(H,19,21). The molecule has 27 heavy (non-hydrogen) atoms. The van der Waals surface area contributed by atoms with Crippen LogP contribution in [0.5, 0.6) is 0 Å². The van der Waals surface area contributed by atoms with Crippen LogP contribution >= 0.6 is 0 Å². The van der Waals surface area contributed by atoms with Gasteiger partial charge in [0.25, 0.3) is 5.91 Å². The summed E-state index contributed by atoms with van der Waals surface area (Å²) in [5, 5.41) is 2.55. The third kappa shape index (κ3) is 4.74. The molecule has 2 rings (SSSR count). The van der Waals surface area contributed by atoms with Crippen LogP contribution in [0.25, 0.3) is 0 Å². The van der Waals surface area contributed by atoms with E-state index in [1.165, 1.54) is 47.8 Å². The van der Waals surface area contributed by atoms with Gasteiger partial charge >= 0.3 is 0 Å². The van der Waals surface area contributed by atoms with Gasteiger partial charge in [-0.2, -0.15) is 4.31 Å². The van der Waals surface area contributed by atoms with E-state index < -0.39 is 25.8 Å². The minimum absolute atomic E-state index is 0.0103. The number of anilines is 1. The van der Waals surface area contributed by atoms with Gasteiger partial charge in [-0.3, -0.25) is 4.79 Å². The van der Waals surface area contributed by atoms with Crippen LogP contribution in [-0.2, 0) is 19.9 Å². The summed E-state index contributed by atoms with van der Waals surface area (Å²) >= 11 is 0. The van der Waals surface area contributed by atoms with Crippen LogP contribution in [0.2, 0.25) is 0 Å². The first-order chi connectivity index (χ1) is 12.4.